The fourth-order valence-electron chi connectivity index (χ4n) is 4.32. The van der Waals surface area contributed by atoms with Gasteiger partial charge in [-0.3, -0.25) is 14.9 Å². The topological polar surface area (TPSA) is 77.2 Å². The molecule has 1 heterocycles. The molecule has 0 fully saturated rings. The summed E-state index contributed by atoms with van der Waals surface area (Å²) in [6.45, 7) is 5.13. The number of benzene rings is 3. The molecular weight excluding hydrogens is 445 g/mol. The number of rotatable bonds is 9. The van der Waals surface area contributed by atoms with Gasteiger partial charge in [-0.05, 0) is 40.8 Å². The minimum absolute atomic E-state index is 0.0292. The Morgan fingerprint density at radius 2 is 1.83 bits per heavy atom. The molecule has 0 aliphatic heterocycles. The van der Waals surface area contributed by atoms with E-state index in [1.807, 2.05) is 54.9 Å². The average Bonchev–Trinajstić information content (AvgIpc) is 3.19. The predicted molar refractivity (Wildman–Crippen MR) is 135 cm³/mol. The summed E-state index contributed by atoms with van der Waals surface area (Å²) in [6.07, 6.45) is 2.04. The van der Waals surface area contributed by atoms with Crippen molar-refractivity contribution in [2.24, 2.45) is 5.92 Å². The highest BCUT2D eigenvalue weighted by Crippen LogP contribution is 2.37. The lowest BCUT2D eigenvalue weighted by Gasteiger charge is -2.18. The first kappa shape index (κ1) is 24.1. The van der Waals surface area contributed by atoms with Crippen LogP contribution in [0.4, 0.5) is 10.1 Å². The molecule has 0 saturated heterocycles. The molecule has 0 spiro atoms. The zero-order chi connectivity index (χ0) is 24.9. The summed E-state index contributed by atoms with van der Waals surface area (Å²) in [7, 11) is 0. The SMILES string of the molecule is CC(C)CNC(=O)CC(c1cccc(F)c1)c1cn(Cc2ccccc2)c2ccc([N+](=O)[O-])cc12. The fraction of sp³-hybridized carbons (Fsp3) is 0.250. The van der Waals surface area contributed by atoms with E-state index in [2.05, 4.69) is 5.32 Å². The van der Waals surface area contributed by atoms with Gasteiger partial charge in [0.15, 0.2) is 0 Å². The number of non-ortho nitro benzene ring substituents is 1. The van der Waals surface area contributed by atoms with Crippen LogP contribution in [-0.4, -0.2) is 21.9 Å². The highest BCUT2D eigenvalue weighted by molar-refractivity contribution is 5.88. The summed E-state index contributed by atoms with van der Waals surface area (Å²) in [5.74, 6) is -0.724. The van der Waals surface area contributed by atoms with E-state index in [9.17, 15) is 19.3 Å². The minimum atomic E-state index is -0.473. The van der Waals surface area contributed by atoms with Crippen molar-refractivity contribution in [3.05, 3.63) is 112 Å². The number of carbonyl (C=O) groups excluding carboxylic acids is 1. The van der Waals surface area contributed by atoms with E-state index >= 15 is 0 Å². The maximum atomic E-state index is 14.2. The molecule has 1 aromatic heterocycles. The zero-order valence-corrected chi connectivity index (χ0v) is 19.8. The minimum Gasteiger partial charge on any atom is -0.356 e. The summed E-state index contributed by atoms with van der Waals surface area (Å²) >= 11 is 0. The number of aromatic nitrogens is 1. The molecule has 3 aromatic carbocycles. The molecule has 4 aromatic rings. The second-order valence-electron chi connectivity index (χ2n) is 9.17. The van der Waals surface area contributed by atoms with E-state index in [4.69, 9.17) is 0 Å². The van der Waals surface area contributed by atoms with Crippen LogP contribution < -0.4 is 5.32 Å². The van der Waals surface area contributed by atoms with Crippen molar-refractivity contribution >= 4 is 22.5 Å². The number of nitro benzene ring substituents is 1. The van der Waals surface area contributed by atoms with Gasteiger partial charge in [-0.25, -0.2) is 4.39 Å². The number of amides is 1. The first-order chi connectivity index (χ1) is 16.8. The van der Waals surface area contributed by atoms with Gasteiger partial charge in [0.1, 0.15) is 5.82 Å². The first-order valence-corrected chi connectivity index (χ1v) is 11.6. The number of nitro groups is 1. The Balaban J connectivity index is 1.84. The van der Waals surface area contributed by atoms with Crippen molar-refractivity contribution in [2.75, 3.05) is 6.54 Å². The zero-order valence-electron chi connectivity index (χ0n) is 19.8. The lowest BCUT2D eigenvalue weighted by atomic mass is 9.87. The van der Waals surface area contributed by atoms with Crippen LogP contribution in [0.25, 0.3) is 10.9 Å². The summed E-state index contributed by atoms with van der Waals surface area (Å²) < 4.78 is 16.2. The van der Waals surface area contributed by atoms with Gasteiger partial charge in [0.2, 0.25) is 5.91 Å². The third-order valence-corrected chi connectivity index (χ3v) is 6.03. The third kappa shape index (κ3) is 5.74. The van der Waals surface area contributed by atoms with Gasteiger partial charge in [0, 0.05) is 54.7 Å². The molecule has 1 atom stereocenters. The lowest BCUT2D eigenvalue weighted by Crippen LogP contribution is -2.28. The van der Waals surface area contributed by atoms with Crippen molar-refractivity contribution < 1.29 is 14.1 Å². The van der Waals surface area contributed by atoms with Gasteiger partial charge in [-0.2, -0.15) is 0 Å². The van der Waals surface area contributed by atoms with Crippen LogP contribution in [0, 0.1) is 21.8 Å². The van der Waals surface area contributed by atoms with Crippen molar-refractivity contribution in [2.45, 2.75) is 32.7 Å². The van der Waals surface area contributed by atoms with Gasteiger partial charge in [-0.1, -0.05) is 56.3 Å². The van der Waals surface area contributed by atoms with Crippen LogP contribution in [-0.2, 0) is 11.3 Å². The fourth-order valence-corrected chi connectivity index (χ4v) is 4.32. The van der Waals surface area contributed by atoms with Crippen LogP contribution in [0.15, 0.2) is 79.0 Å². The van der Waals surface area contributed by atoms with Crippen LogP contribution in [0.3, 0.4) is 0 Å². The summed E-state index contributed by atoms with van der Waals surface area (Å²) in [4.78, 5) is 24.0. The molecular formula is C28H28FN3O3. The number of hydrogen-bond donors (Lipinski definition) is 1. The molecule has 0 aliphatic carbocycles. The Hall–Kier alpha value is -4.00. The normalized spacial score (nSPS) is 12.1. The maximum Gasteiger partial charge on any atom is 0.270 e. The molecule has 0 bridgehead atoms. The van der Waals surface area contributed by atoms with Crippen molar-refractivity contribution in [1.29, 1.82) is 0 Å². The van der Waals surface area contributed by atoms with Crippen LogP contribution in [0.1, 0.15) is 42.9 Å². The van der Waals surface area contributed by atoms with E-state index in [1.165, 1.54) is 18.2 Å². The quantitative estimate of drug-likeness (QED) is 0.238. The molecule has 1 N–H and O–H groups in total. The lowest BCUT2D eigenvalue weighted by molar-refractivity contribution is -0.384. The molecule has 0 radical (unpaired) electrons. The Bertz CT molecular complexity index is 1350. The van der Waals surface area contributed by atoms with Gasteiger partial charge >= 0.3 is 0 Å². The number of halogens is 1. The molecule has 0 saturated carbocycles. The predicted octanol–water partition coefficient (Wildman–Crippen LogP) is 6.03. The number of nitrogens with zero attached hydrogens (tertiary/aromatic N) is 2. The van der Waals surface area contributed by atoms with E-state index in [0.29, 0.717) is 30.0 Å². The van der Waals surface area contributed by atoms with Gasteiger partial charge in [-0.15, -0.1) is 0 Å². The van der Waals surface area contributed by atoms with Gasteiger partial charge in [0.25, 0.3) is 5.69 Å². The second-order valence-corrected chi connectivity index (χ2v) is 9.17. The number of carbonyl (C=O) groups is 1. The van der Waals surface area contributed by atoms with Crippen LogP contribution in [0.2, 0.25) is 0 Å². The maximum absolute atomic E-state index is 14.2. The van der Waals surface area contributed by atoms with Gasteiger partial charge in [0.05, 0.1) is 4.92 Å². The molecule has 6 nitrogen and oxygen atoms in total. The van der Waals surface area contributed by atoms with Crippen molar-refractivity contribution in [3.8, 4) is 0 Å². The van der Waals surface area contributed by atoms with Crippen LogP contribution >= 0.6 is 0 Å². The average molecular weight is 474 g/mol. The molecule has 180 valence electrons. The highest BCUT2D eigenvalue weighted by atomic mass is 19.1. The Kier molecular flexibility index (Phi) is 7.25. The first-order valence-electron chi connectivity index (χ1n) is 11.6. The molecule has 4 rings (SSSR count). The molecule has 0 aliphatic rings. The van der Waals surface area contributed by atoms with E-state index in [1.54, 1.807) is 24.3 Å². The van der Waals surface area contributed by atoms with Crippen molar-refractivity contribution in [1.82, 2.24) is 9.88 Å². The van der Waals surface area contributed by atoms with Gasteiger partial charge < -0.3 is 9.88 Å². The van der Waals surface area contributed by atoms with Crippen molar-refractivity contribution in [3.63, 3.8) is 0 Å². The standard InChI is InChI=1S/C28H28FN3O3/c1-19(2)16-30-28(33)15-24(21-9-6-10-22(29)13-21)26-18-31(17-20-7-4-3-5-8-20)27-12-11-23(32(34)35)14-25(26)27/h3-14,18-19,24H,15-17H2,1-2H3,(H,30,33). The molecule has 7 heteroatoms. The number of hydrogen-bond acceptors (Lipinski definition) is 3. The monoisotopic (exact) mass is 473 g/mol. The molecule has 35 heavy (non-hydrogen) atoms. The molecule has 1 amide bonds. The Morgan fingerprint density at radius 1 is 1.06 bits per heavy atom. The summed E-state index contributed by atoms with van der Waals surface area (Å²) in [6, 6.07) is 20.9. The largest absolute Gasteiger partial charge is 0.356 e. The summed E-state index contributed by atoms with van der Waals surface area (Å²) in [5, 5.41) is 15.2. The number of fused-ring (bicyclic) bond motifs is 1. The van der Waals surface area contributed by atoms with E-state index < -0.39 is 16.7 Å². The smallest absolute Gasteiger partial charge is 0.270 e. The highest BCUT2D eigenvalue weighted by Gasteiger charge is 2.25. The van der Waals surface area contributed by atoms with E-state index in [0.717, 1.165) is 16.6 Å². The van der Waals surface area contributed by atoms with E-state index in [-0.39, 0.29) is 18.0 Å². The second kappa shape index (κ2) is 10.5. The number of nitrogens with one attached hydrogen (secondary N) is 1. The third-order valence-electron chi connectivity index (χ3n) is 6.03. The Labute approximate surface area is 203 Å². The Morgan fingerprint density at radius 3 is 2.51 bits per heavy atom. The summed E-state index contributed by atoms with van der Waals surface area (Å²) in [5.41, 5.74) is 3.27. The molecule has 1 unspecified atom stereocenters. The van der Waals surface area contributed by atoms with Crippen LogP contribution in [0.5, 0.6) is 0 Å².